The first-order valence-electron chi connectivity index (χ1n) is 7.24. The van der Waals surface area contributed by atoms with Crippen LogP contribution in [-0.4, -0.2) is 48.0 Å². The third-order valence-electron chi connectivity index (χ3n) is 3.18. The van der Waals surface area contributed by atoms with Crippen molar-refractivity contribution in [3.05, 3.63) is 46.9 Å². The minimum atomic E-state index is -0.228. The van der Waals surface area contributed by atoms with Gasteiger partial charge in [0.05, 0.1) is 12.4 Å². The highest BCUT2D eigenvalue weighted by Crippen LogP contribution is 2.22. The summed E-state index contributed by atoms with van der Waals surface area (Å²) in [5, 5.41) is 6.63. The van der Waals surface area contributed by atoms with E-state index in [0.29, 0.717) is 23.1 Å². The van der Waals surface area contributed by atoms with Gasteiger partial charge in [0.25, 0.3) is 5.91 Å². The van der Waals surface area contributed by atoms with E-state index in [0.717, 1.165) is 17.8 Å². The van der Waals surface area contributed by atoms with E-state index in [1.807, 2.05) is 38.1 Å². The summed E-state index contributed by atoms with van der Waals surface area (Å²) in [6.07, 6.45) is 2.99. The van der Waals surface area contributed by atoms with E-state index >= 15 is 0 Å². The Morgan fingerprint density at radius 1 is 1.26 bits per heavy atom. The number of nitrogens with zero attached hydrogens (tertiary/aromatic N) is 3. The molecule has 0 atom stereocenters. The highest BCUT2D eigenvalue weighted by molar-refractivity contribution is 6.30. The Morgan fingerprint density at radius 3 is 2.65 bits per heavy atom. The van der Waals surface area contributed by atoms with Crippen LogP contribution in [0.5, 0.6) is 0 Å². The molecule has 0 fully saturated rings. The van der Waals surface area contributed by atoms with Crippen LogP contribution in [0.4, 0.5) is 11.5 Å². The topological polar surface area (TPSA) is 70.2 Å². The zero-order valence-electron chi connectivity index (χ0n) is 13.4. The number of hydrogen-bond donors (Lipinski definition) is 2. The van der Waals surface area contributed by atoms with Crippen LogP contribution >= 0.6 is 11.6 Å². The van der Waals surface area contributed by atoms with Crippen molar-refractivity contribution < 1.29 is 4.79 Å². The molecule has 7 heteroatoms. The average molecular weight is 334 g/mol. The minimum absolute atomic E-state index is 0.228. The summed E-state index contributed by atoms with van der Waals surface area (Å²) in [5.74, 6) is 0.342. The zero-order chi connectivity index (χ0) is 16.8. The number of benzene rings is 1. The molecule has 6 nitrogen and oxygen atoms in total. The molecule has 23 heavy (non-hydrogen) atoms. The second-order valence-electron chi connectivity index (χ2n) is 5.43. The number of carbonyl (C=O) groups excluding carboxylic acids is 1. The van der Waals surface area contributed by atoms with Crippen LogP contribution in [0, 0.1) is 6.92 Å². The molecule has 0 saturated heterocycles. The lowest BCUT2D eigenvalue weighted by Crippen LogP contribution is -2.31. The van der Waals surface area contributed by atoms with Crippen molar-refractivity contribution in [1.29, 1.82) is 0 Å². The highest BCUT2D eigenvalue weighted by atomic mass is 35.5. The Kier molecular flexibility index (Phi) is 5.90. The number of halogens is 1. The molecular weight excluding hydrogens is 314 g/mol. The molecule has 122 valence electrons. The predicted octanol–water partition coefficient (Wildman–Crippen LogP) is 2.47. The zero-order valence-corrected chi connectivity index (χ0v) is 14.2. The number of anilines is 2. The summed E-state index contributed by atoms with van der Waals surface area (Å²) in [5.41, 5.74) is 2.19. The monoisotopic (exact) mass is 333 g/mol. The van der Waals surface area contributed by atoms with E-state index < -0.39 is 0 Å². The molecule has 2 rings (SSSR count). The SMILES string of the molecule is Cc1cc(Cl)ccc1Nc1cnc(C(=O)NCCN(C)C)cn1. The summed E-state index contributed by atoms with van der Waals surface area (Å²) in [4.78, 5) is 22.3. The van der Waals surface area contributed by atoms with Crippen LogP contribution in [0.3, 0.4) is 0 Å². The van der Waals surface area contributed by atoms with Gasteiger partial charge in [0.15, 0.2) is 0 Å². The maximum atomic E-state index is 11.9. The maximum Gasteiger partial charge on any atom is 0.271 e. The van der Waals surface area contributed by atoms with Gasteiger partial charge in [0.1, 0.15) is 11.5 Å². The number of amides is 1. The Morgan fingerprint density at radius 2 is 2.04 bits per heavy atom. The van der Waals surface area contributed by atoms with Crippen LogP contribution in [0.25, 0.3) is 0 Å². The normalized spacial score (nSPS) is 10.7. The molecule has 0 bridgehead atoms. The van der Waals surface area contributed by atoms with Crippen molar-refractivity contribution >= 4 is 29.0 Å². The Labute approximate surface area is 140 Å². The third-order valence-corrected chi connectivity index (χ3v) is 3.42. The second kappa shape index (κ2) is 7.89. The van der Waals surface area contributed by atoms with E-state index in [9.17, 15) is 4.79 Å². The van der Waals surface area contributed by atoms with Gasteiger partial charge in [-0.2, -0.15) is 0 Å². The molecule has 2 N–H and O–H groups in total. The van der Waals surface area contributed by atoms with Crippen LogP contribution in [0.2, 0.25) is 5.02 Å². The Bertz CT molecular complexity index is 673. The smallest absolute Gasteiger partial charge is 0.271 e. The molecular formula is C16H20ClN5O. The van der Waals surface area contributed by atoms with Gasteiger partial charge in [-0.3, -0.25) is 4.79 Å². The molecule has 0 saturated carbocycles. The quantitative estimate of drug-likeness (QED) is 0.850. The molecule has 1 heterocycles. The average Bonchev–Trinajstić information content (AvgIpc) is 2.50. The number of likely N-dealkylation sites (N-methyl/N-ethyl adjacent to an activating group) is 1. The van der Waals surface area contributed by atoms with Gasteiger partial charge in [0.2, 0.25) is 0 Å². The van der Waals surface area contributed by atoms with Gasteiger partial charge < -0.3 is 15.5 Å². The summed E-state index contributed by atoms with van der Waals surface area (Å²) < 4.78 is 0. The van der Waals surface area contributed by atoms with Crippen molar-refractivity contribution in [2.45, 2.75) is 6.92 Å². The van der Waals surface area contributed by atoms with E-state index in [4.69, 9.17) is 11.6 Å². The lowest BCUT2D eigenvalue weighted by atomic mass is 10.2. The first-order chi connectivity index (χ1) is 11.0. The van der Waals surface area contributed by atoms with Crippen molar-refractivity contribution in [2.75, 3.05) is 32.5 Å². The van der Waals surface area contributed by atoms with Gasteiger partial charge in [-0.1, -0.05) is 11.6 Å². The van der Waals surface area contributed by atoms with E-state index in [1.54, 1.807) is 6.07 Å². The Hall–Kier alpha value is -2.18. The van der Waals surface area contributed by atoms with Gasteiger partial charge in [-0.15, -0.1) is 0 Å². The van der Waals surface area contributed by atoms with Crippen LogP contribution in [0.1, 0.15) is 16.1 Å². The molecule has 0 aliphatic rings. The number of nitrogens with one attached hydrogen (secondary N) is 2. The highest BCUT2D eigenvalue weighted by Gasteiger charge is 2.08. The van der Waals surface area contributed by atoms with E-state index in [-0.39, 0.29) is 5.91 Å². The van der Waals surface area contributed by atoms with E-state index in [1.165, 1.54) is 12.4 Å². The van der Waals surface area contributed by atoms with Gasteiger partial charge in [-0.25, -0.2) is 9.97 Å². The number of hydrogen-bond acceptors (Lipinski definition) is 5. The largest absolute Gasteiger partial charge is 0.349 e. The molecule has 1 aromatic carbocycles. The summed E-state index contributed by atoms with van der Waals surface area (Å²) in [7, 11) is 3.90. The Balaban J connectivity index is 1.97. The van der Waals surface area contributed by atoms with Gasteiger partial charge >= 0.3 is 0 Å². The standard InChI is InChI=1S/C16H20ClN5O/c1-11-8-12(17)4-5-13(11)21-15-10-19-14(9-20-15)16(23)18-6-7-22(2)3/h4-5,8-10H,6-7H2,1-3H3,(H,18,23)(H,20,21). The summed E-state index contributed by atoms with van der Waals surface area (Å²) in [6, 6.07) is 5.54. The summed E-state index contributed by atoms with van der Waals surface area (Å²) >= 11 is 5.93. The molecule has 2 aromatic rings. The number of rotatable bonds is 6. The first-order valence-corrected chi connectivity index (χ1v) is 7.61. The molecule has 0 radical (unpaired) electrons. The van der Waals surface area contributed by atoms with Gasteiger partial charge in [0, 0.05) is 23.8 Å². The minimum Gasteiger partial charge on any atom is -0.349 e. The third kappa shape index (κ3) is 5.19. The molecule has 1 amide bonds. The number of carbonyl (C=O) groups is 1. The van der Waals surface area contributed by atoms with E-state index in [2.05, 4.69) is 20.6 Å². The fraction of sp³-hybridized carbons (Fsp3) is 0.312. The number of aromatic nitrogens is 2. The molecule has 0 spiro atoms. The molecule has 0 aliphatic carbocycles. The molecule has 1 aromatic heterocycles. The first kappa shape index (κ1) is 17.2. The summed E-state index contributed by atoms with van der Waals surface area (Å²) in [6.45, 7) is 3.29. The van der Waals surface area contributed by atoms with Crippen molar-refractivity contribution in [1.82, 2.24) is 20.2 Å². The maximum absolute atomic E-state index is 11.9. The van der Waals surface area contributed by atoms with Crippen LogP contribution < -0.4 is 10.6 Å². The van der Waals surface area contributed by atoms with Crippen molar-refractivity contribution in [3.63, 3.8) is 0 Å². The van der Waals surface area contributed by atoms with Crippen LogP contribution in [0.15, 0.2) is 30.6 Å². The second-order valence-corrected chi connectivity index (χ2v) is 5.87. The van der Waals surface area contributed by atoms with Crippen LogP contribution in [-0.2, 0) is 0 Å². The predicted molar refractivity (Wildman–Crippen MR) is 92.4 cm³/mol. The fourth-order valence-electron chi connectivity index (χ4n) is 1.90. The van der Waals surface area contributed by atoms with Gasteiger partial charge in [-0.05, 0) is 44.8 Å². The number of aryl methyl sites for hydroxylation is 1. The lowest BCUT2D eigenvalue weighted by Gasteiger charge is -2.11. The van der Waals surface area contributed by atoms with Crippen molar-refractivity contribution in [3.8, 4) is 0 Å². The molecule has 0 unspecified atom stereocenters. The van der Waals surface area contributed by atoms with Crippen molar-refractivity contribution in [2.24, 2.45) is 0 Å². The lowest BCUT2D eigenvalue weighted by molar-refractivity contribution is 0.0945. The fourth-order valence-corrected chi connectivity index (χ4v) is 2.13. The molecule has 0 aliphatic heterocycles.